The Hall–Kier alpha value is -3.66. The molecule has 4 rings (SSSR count). The third-order valence-corrected chi connectivity index (χ3v) is 5.61. The third kappa shape index (κ3) is 5.89. The summed E-state index contributed by atoms with van der Waals surface area (Å²) in [6.45, 7) is 8.22. The van der Waals surface area contributed by atoms with Gasteiger partial charge in [0.1, 0.15) is 23.6 Å². The van der Waals surface area contributed by atoms with Crippen LogP contribution in [0.25, 0.3) is 5.52 Å². The number of carbonyl (C=O) groups is 2. The number of carbonyl (C=O) groups excluding carboxylic acids is 2. The average molecular weight is 484 g/mol. The van der Waals surface area contributed by atoms with Crippen LogP contribution in [-0.2, 0) is 9.57 Å². The second-order valence-corrected chi connectivity index (χ2v) is 9.61. The van der Waals surface area contributed by atoms with Crippen molar-refractivity contribution in [3.05, 3.63) is 59.8 Å². The lowest BCUT2D eigenvalue weighted by molar-refractivity contribution is -0.0466. The van der Waals surface area contributed by atoms with Crippen LogP contribution in [0.5, 0.6) is 0 Å². The number of aromatic nitrogens is 2. The highest BCUT2D eigenvalue weighted by Gasteiger charge is 2.28. The third-order valence-electron chi connectivity index (χ3n) is 5.61. The van der Waals surface area contributed by atoms with Gasteiger partial charge in [0.2, 0.25) is 0 Å². The molecule has 3 heterocycles. The number of nitrogens with one attached hydrogen (secondary N) is 2. The fraction of sp³-hybridized carbons (Fsp3) is 0.400. The molecule has 1 fully saturated rings. The molecule has 1 aromatic carbocycles. The zero-order chi connectivity index (χ0) is 25.2. The molecule has 0 spiro atoms. The van der Waals surface area contributed by atoms with Gasteiger partial charge in [-0.05, 0) is 70.4 Å². The van der Waals surface area contributed by atoms with Gasteiger partial charge < -0.3 is 15.0 Å². The summed E-state index contributed by atoms with van der Waals surface area (Å²) >= 11 is 0. The van der Waals surface area contributed by atoms with E-state index >= 15 is 0 Å². The zero-order valence-corrected chi connectivity index (χ0v) is 20.3. The number of ether oxygens (including phenoxy) is 1. The summed E-state index contributed by atoms with van der Waals surface area (Å²) in [6.07, 6.45) is 3.67. The smallest absolute Gasteiger partial charge is 0.410 e. The van der Waals surface area contributed by atoms with Crippen molar-refractivity contribution >= 4 is 29.0 Å². The highest BCUT2D eigenvalue weighted by Crippen LogP contribution is 2.27. The van der Waals surface area contributed by atoms with E-state index in [0.717, 1.165) is 5.56 Å². The zero-order valence-electron chi connectivity index (χ0n) is 20.3. The Bertz CT molecular complexity index is 1230. The topological polar surface area (TPSA) is 97.2 Å². The van der Waals surface area contributed by atoms with Gasteiger partial charge in [0.05, 0.1) is 22.9 Å². The van der Waals surface area contributed by atoms with Crippen molar-refractivity contribution in [3.63, 3.8) is 0 Å². The molecule has 2 aromatic heterocycles. The van der Waals surface area contributed by atoms with Crippen LogP contribution < -0.4 is 10.8 Å². The van der Waals surface area contributed by atoms with E-state index in [0.29, 0.717) is 37.3 Å². The molecule has 1 aliphatic heterocycles. The Balaban J connectivity index is 1.42. The Morgan fingerprint density at radius 2 is 1.89 bits per heavy atom. The molecule has 0 radical (unpaired) electrons. The van der Waals surface area contributed by atoms with Crippen molar-refractivity contribution < 1.29 is 23.6 Å². The summed E-state index contributed by atoms with van der Waals surface area (Å²) in [5.74, 6) is -0.529. The van der Waals surface area contributed by atoms with E-state index in [1.165, 1.54) is 6.07 Å². The summed E-state index contributed by atoms with van der Waals surface area (Å²) in [6, 6.07) is 8.26. The molecule has 0 aliphatic carbocycles. The van der Waals surface area contributed by atoms with Crippen LogP contribution >= 0.6 is 0 Å². The molecule has 1 saturated heterocycles. The van der Waals surface area contributed by atoms with Crippen LogP contribution in [0.2, 0.25) is 0 Å². The molecule has 0 atom stereocenters. The van der Waals surface area contributed by atoms with Gasteiger partial charge >= 0.3 is 6.09 Å². The summed E-state index contributed by atoms with van der Waals surface area (Å²) in [5, 5.41) is 3.02. The summed E-state index contributed by atoms with van der Waals surface area (Å²) < 4.78 is 21.6. The first-order valence-electron chi connectivity index (χ1n) is 11.5. The first-order valence-corrected chi connectivity index (χ1v) is 11.5. The molecule has 0 bridgehead atoms. The van der Waals surface area contributed by atoms with Gasteiger partial charge in [-0.15, -0.1) is 0 Å². The van der Waals surface area contributed by atoms with Gasteiger partial charge in [-0.25, -0.2) is 19.6 Å². The van der Waals surface area contributed by atoms with Gasteiger partial charge in [0.15, 0.2) is 0 Å². The average Bonchev–Trinajstić information content (AvgIpc) is 3.17. The van der Waals surface area contributed by atoms with Crippen molar-refractivity contribution in [2.24, 2.45) is 0 Å². The second-order valence-electron chi connectivity index (χ2n) is 9.61. The standard InChI is InChI=1S/C25H30FN5O4/c1-16-5-6-21(20(26)13-16)28-22-19(14-17-7-10-27-15-31(17)22)23(32)29-35-18-8-11-30(12-9-18)24(33)34-25(2,3)4/h5-7,10,13-15,18,28H,8-9,11-12H2,1-4H3,(H,29,32). The lowest BCUT2D eigenvalue weighted by atomic mass is 10.1. The van der Waals surface area contributed by atoms with Crippen molar-refractivity contribution in [1.29, 1.82) is 0 Å². The van der Waals surface area contributed by atoms with Crippen LogP contribution in [0.3, 0.4) is 0 Å². The quantitative estimate of drug-likeness (QED) is 0.516. The fourth-order valence-corrected chi connectivity index (χ4v) is 3.85. The molecule has 0 saturated carbocycles. The van der Waals surface area contributed by atoms with E-state index in [9.17, 15) is 14.0 Å². The molecule has 0 unspecified atom stereocenters. The number of rotatable bonds is 5. The normalized spacial score (nSPS) is 14.7. The minimum Gasteiger partial charge on any atom is -0.444 e. The number of fused-ring (bicyclic) bond motifs is 1. The Morgan fingerprint density at radius 3 is 2.57 bits per heavy atom. The number of anilines is 2. The number of piperidine rings is 1. The van der Waals surface area contributed by atoms with Crippen LogP contribution in [0, 0.1) is 12.7 Å². The van der Waals surface area contributed by atoms with Gasteiger partial charge in [-0.1, -0.05) is 6.07 Å². The predicted molar refractivity (Wildman–Crippen MR) is 129 cm³/mol. The van der Waals surface area contributed by atoms with Gasteiger partial charge in [0, 0.05) is 19.3 Å². The maximum atomic E-state index is 14.5. The molecule has 10 heteroatoms. The molecular formula is C25H30FN5O4. The number of hydroxylamine groups is 1. The number of halogens is 1. The summed E-state index contributed by atoms with van der Waals surface area (Å²) in [4.78, 5) is 36.7. The predicted octanol–water partition coefficient (Wildman–Crippen LogP) is 4.59. The number of amides is 2. The van der Waals surface area contributed by atoms with Crippen molar-refractivity contribution in [3.8, 4) is 0 Å². The number of hydrogen-bond acceptors (Lipinski definition) is 6. The number of nitrogens with zero attached hydrogens (tertiary/aromatic N) is 3. The van der Waals surface area contributed by atoms with E-state index in [-0.39, 0.29) is 23.4 Å². The lowest BCUT2D eigenvalue weighted by Crippen LogP contribution is -2.44. The highest BCUT2D eigenvalue weighted by atomic mass is 19.1. The second kappa shape index (κ2) is 9.91. The summed E-state index contributed by atoms with van der Waals surface area (Å²) in [7, 11) is 0. The number of benzene rings is 1. The molecule has 3 aromatic rings. The highest BCUT2D eigenvalue weighted by molar-refractivity contribution is 6.01. The minimum atomic E-state index is -0.553. The minimum absolute atomic E-state index is 0.240. The molecule has 9 nitrogen and oxygen atoms in total. The van der Waals surface area contributed by atoms with Crippen molar-refractivity contribution in [1.82, 2.24) is 19.8 Å². The van der Waals surface area contributed by atoms with E-state index < -0.39 is 17.3 Å². The first-order chi connectivity index (χ1) is 16.6. The largest absolute Gasteiger partial charge is 0.444 e. The van der Waals surface area contributed by atoms with Gasteiger partial charge in [0.25, 0.3) is 5.91 Å². The van der Waals surface area contributed by atoms with Crippen LogP contribution in [-0.4, -0.2) is 51.1 Å². The van der Waals surface area contributed by atoms with Gasteiger partial charge in [-0.3, -0.25) is 14.0 Å². The molecule has 35 heavy (non-hydrogen) atoms. The maximum Gasteiger partial charge on any atom is 0.410 e. The Labute approximate surface area is 203 Å². The molecule has 2 N–H and O–H groups in total. The summed E-state index contributed by atoms with van der Waals surface area (Å²) in [5.41, 5.74) is 3.99. The van der Waals surface area contributed by atoms with E-state index in [2.05, 4.69) is 15.8 Å². The lowest BCUT2D eigenvalue weighted by Gasteiger charge is -2.33. The number of aryl methyl sites for hydroxylation is 1. The first kappa shape index (κ1) is 24.5. The van der Waals surface area contributed by atoms with E-state index in [4.69, 9.17) is 9.57 Å². The van der Waals surface area contributed by atoms with Crippen LogP contribution in [0.1, 0.15) is 49.5 Å². The van der Waals surface area contributed by atoms with Crippen LogP contribution in [0.15, 0.2) is 42.9 Å². The van der Waals surface area contributed by atoms with Crippen molar-refractivity contribution in [2.45, 2.75) is 52.2 Å². The number of likely N-dealkylation sites (tertiary alicyclic amines) is 1. The van der Waals surface area contributed by atoms with Crippen molar-refractivity contribution in [2.75, 3.05) is 18.4 Å². The fourth-order valence-electron chi connectivity index (χ4n) is 3.85. The molecule has 2 amide bonds. The molecule has 186 valence electrons. The Morgan fingerprint density at radius 1 is 1.14 bits per heavy atom. The maximum absolute atomic E-state index is 14.5. The number of hydrogen-bond donors (Lipinski definition) is 2. The van der Waals surface area contributed by atoms with Crippen LogP contribution in [0.4, 0.5) is 20.7 Å². The van der Waals surface area contributed by atoms with E-state index in [1.807, 2.05) is 20.8 Å². The SMILES string of the molecule is Cc1ccc(Nc2c(C(=O)NOC3CCN(C(=O)OC(C)(C)C)CC3)cc3ccncn23)c(F)c1. The monoisotopic (exact) mass is 483 g/mol. The Kier molecular flexibility index (Phi) is 6.93. The molecule has 1 aliphatic rings. The van der Waals surface area contributed by atoms with Gasteiger partial charge in [-0.2, -0.15) is 0 Å². The molecular weight excluding hydrogens is 453 g/mol. The van der Waals surface area contributed by atoms with E-state index in [1.54, 1.807) is 53.0 Å².